The summed E-state index contributed by atoms with van der Waals surface area (Å²) in [4.78, 5) is 21.3. The van der Waals surface area contributed by atoms with Crippen molar-refractivity contribution in [1.29, 1.82) is 0 Å². The second-order valence-electron chi connectivity index (χ2n) is 7.17. The van der Waals surface area contributed by atoms with Crippen LogP contribution in [0.25, 0.3) is 5.57 Å². The number of carbonyl (C=O) groups excluding carboxylic acids is 1. The number of aryl methyl sites for hydroxylation is 1. The molecule has 0 atom stereocenters. The topological polar surface area (TPSA) is 68.3 Å². The van der Waals surface area contributed by atoms with Gasteiger partial charge in [-0.15, -0.1) is 0 Å². The Morgan fingerprint density at radius 1 is 1.22 bits per heavy atom. The number of halogens is 3. The number of aromatic nitrogens is 2. The van der Waals surface area contributed by atoms with Crippen LogP contribution in [0.15, 0.2) is 52.1 Å². The van der Waals surface area contributed by atoms with Crippen LogP contribution in [0.3, 0.4) is 0 Å². The summed E-state index contributed by atoms with van der Waals surface area (Å²) in [6, 6.07) is 5.93. The number of carbonyl (C=O) groups is 1. The van der Waals surface area contributed by atoms with E-state index < -0.39 is 23.0 Å². The third-order valence-electron chi connectivity index (χ3n) is 4.86. The quantitative estimate of drug-likeness (QED) is 0.297. The minimum atomic E-state index is -0.833. The van der Waals surface area contributed by atoms with E-state index in [0.29, 0.717) is 29.4 Å². The number of pyridine rings is 1. The molecule has 3 aromatic rings. The van der Waals surface area contributed by atoms with Gasteiger partial charge in [0.15, 0.2) is 0 Å². The predicted octanol–water partition coefficient (Wildman–Crippen LogP) is 6.23. The lowest BCUT2D eigenvalue weighted by Crippen LogP contribution is -2.04. The van der Waals surface area contributed by atoms with Crippen molar-refractivity contribution in [3.05, 3.63) is 87.5 Å². The van der Waals surface area contributed by atoms with Gasteiger partial charge in [-0.25, -0.2) is 8.78 Å². The van der Waals surface area contributed by atoms with E-state index >= 15 is 0 Å². The van der Waals surface area contributed by atoms with Gasteiger partial charge in [-0.1, -0.05) is 29.8 Å². The maximum Gasteiger partial charge on any atom is 0.234 e. The highest BCUT2D eigenvalue weighted by atomic mass is 35.5. The highest BCUT2D eigenvalue weighted by molar-refractivity contribution is 6.30. The van der Waals surface area contributed by atoms with E-state index in [0.717, 1.165) is 41.5 Å². The van der Waals surface area contributed by atoms with Gasteiger partial charge in [0.1, 0.15) is 17.3 Å². The minimum absolute atomic E-state index is 0.189. The maximum absolute atomic E-state index is 13.9. The Balaban J connectivity index is 1.73. The van der Waals surface area contributed by atoms with Crippen LogP contribution in [-0.4, -0.2) is 28.2 Å². The molecule has 1 aromatic carbocycles. The number of rotatable bonds is 8. The van der Waals surface area contributed by atoms with Crippen molar-refractivity contribution in [3.63, 3.8) is 0 Å². The molecule has 0 fully saturated rings. The standard InChI is InChI=1S/C24H22ClF2N3O2/c1-4-5-16(19-10-17(25)13-29-14(19)2)8-9-28-15(3)22-12-23(32-30-22)24(31)20-11-18(26)6-7-21(20)27/h5-7,10-13H,4,8-9H2,1-3H3. The number of aliphatic imine (C=N–C) groups is 1. The average Bonchev–Trinajstić information content (AvgIpc) is 3.26. The molecule has 0 aliphatic rings. The lowest BCUT2D eigenvalue weighted by atomic mass is 10.0. The molecule has 0 spiro atoms. The van der Waals surface area contributed by atoms with Crippen LogP contribution >= 0.6 is 11.6 Å². The third kappa shape index (κ3) is 5.53. The Morgan fingerprint density at radius 2 is 2.00 bits per heavy atom. The molecule has 0 radical (unpaired) electrons. The van der Waals surface area contributed by atoms with Gasteiger partial charge >= 0.3 is 0 Å². The van der Waals surface area contributed by atoms with Crippen LogP contribution in [0.2, 0.25) is 5.02 Å². The zero-order chi connectivity index (χ0) is 23.3. The lowest BCUT2D eigenvalue weighted by molar-refractivity contribution is 0.0996. The summed E-state index contributed by atoms with van der Waals surface area (Å²) in [6.07, 6.45) is 5.25. The molecule has 0 aliphatic heterocycles. The fourth-order valence-corrected chi connectivity index (χ4v) is 3.37. The van der Waals surface area contributed by atoms with Crippen molar-refractivity contribution in [2.45, 2.75) is 33.6 Å². The molecule has 2 aromatic heterocycles. The van der Waals surface area contributed by atoms with E-state index in [1.54, 1.807) is 13.1 Å². The molecule has 0 N–H and O–H groups in total. The number of ketones is 1. The Hall–Kier alpha value is -3.19. The van der Waals surface area contributed by atoms with Crippen LogP contribution in [0, 0.1) is 18.6 Å². The number of allylic oxidation sites excluding steroid dienone is 1. The van der Waals surface area contributed by atoms with Gasteiger partial charge in [0.25, 0.3) is 0 Å². The molecule has 0 saturated carbocycles. The van der Waals surface area contributed by atoms with Gasteiger partial charge in [0.2, 0.25) is 11.5 Å². The fourth-order valence-electron chi connectivity index (χ4n) is 3.21. The zero-order valence-corrected chi connectivity index (χ0v) is 18.7. The summed E-state index contributed by atoms with van der Waals surface area (Å²) < 4.78 is 32.3. The van der Waals surface area contributed by atoms with Crippen LogP contribution < -0.4 is 0 Å². The summed E-state index contributed by atoms with van der Waals surface area (Å²) in [5.74, 6) is -2.52. The van der Waals surface area contributed by atoms with Gasteiger partial charge in [0.05, 0.1) is 16.3 Å². The molecule has 0 amide bonds. The molecule has 0 bridgehead atoms. The monoisotopic (exact) mass is 457 g/mol. The third-order valence-corrected chi connectivity index (χ3v) is 5.06. The number of benzene rings is 1. The SMILES string of the molecule is CCC=C(CCN=C(C)c1cc(C(=O)c2cc(F)ccc2F)on1)c1cc(Cl)cnc1C. The van der Waals surface area contributed by atoms with E-state index in [2.05, 4.69) is 28.1 Å². The van der Waals surface area contributed by atoms with Crippen LogP contribution in [-0.2, 0) is 0 Å². The molecule has 166 valence electrons. The van der Waals surface area contributed by atoms with Crippen LogP contribution in [0.1, 0.15) is 59.8 Å². The summed E-state index contributed by atoms with van der Waals surface area (Å²) in [5, 5.41) is 4.42. The van der Waals surface area contributed by atoms with Crippen molar-refractivity contribution in [2.24, 2.45) is 4.99 Å². The summed E-state index contributed by atoms with van der Waals surface area (Å²) in [7, 11) is 0. The maximum atomic E-state index is 13.9. The van der Waals surface area contributed by atoms with Crippen molar-refractivity contribution in [3.8, 4) is 0 Å². The number of hydrogen-bond donors (Lipinski definition) is 0. The van der Waals surface area contributed by atoms with Gasteiger partial charge in [-0.05, 0) is 56.5 Å². The zero-order valence-electron chi connectivity index (χ0n) is 18.0. The molecule has 5 nitrogen and oxygen atoms in total. The van der Waals surface area contributed by atoms with E-state index in [9.17, 15) is 13.6 Å². The van der Waals surface area contributed by atoms with Gasteiger partial charge in [0, 0.05) is 30.1 Å². The first-order valence-electron chi connectivity index (χ1n) is 10.1. The Labute approximate surface area is 189 Å². The van der Waals surface area contributed by atoms with Crippen molar-refractivity contribution in [1.82, 2.24) is 10.1 Å². The van der Waals surface area contributed by atoms with Gasteiger partial charge in [-0.3, -0.25) is 14.8 Å². The first kappa shape index (κ1) is 23.5. The Bertz CT molecular complexity index is 1200. The molecular formula is C24H22ClF2N3O2. The van der Waals surface area contributed by atoms with Gasteiger partial charge in [-0.2, -0.15) is 0 Å². The van der Waals surface area contributed by atoms with E-state index in [1.807, 2.05) is 13.0 Å². The summed E-state index contributed by atoms with van der Waals surface area (Å²) in [5.41, 5.74) is 3.46. The second-order valence-corrected chi connectivity index (χ2v) is 7.61. The van der Waals surface area contributed by atoms with Crippen molar-refractivity contribution in [2.75, 3.05) is 6.54 Å². The first-order chi connectivity index (χ1) is 15.3. The van der Waals surface area contributed by atoms with E-state index in [4.69, 9.17) is 16.1 Å². The molecule has 0 aliphatic carbocycles. The number of nitrogens with zero attached hydrogens (tertiary/aromatic N) is 3. The lowest BCUT2D eigenvalue weighted by Gasteiger charge is -2.10. The highest BCUT2D eigenvalue weighted by Gasteiger charge is 2.20. The van der Waals surface area contributed by atoms with E-state index in [1.165, 1.54) is 6.07 Å². The molecule has 3 rings (SSSR count). The first-order valence-corrected chi connectivity index (χ1v) is 10.5. The number of hydrogen-bond acceptors (Lipinski definition) is 5. The van der Waals surface area contributed by atoms with E-state index in [-0.39, 0.29) is 5.76 Å². The molecule has 0 unspecified atom stereocenters. The summed E-state index contributed by atoms with van der Waals surface area (Å²) >= 11 is 6.11. The average molecular weight is 458 g/mol. The largest absolute Gasteiger partial charge is 0.352 e. The van der Waals surface area contributed by atoms with Crippen molar-refractivity contribution < 1.29 is 18.1 Å². The molecule has 0 saturated heterocycles. The predicted molar refractivity (Wildman–Crippen MR) is 120 cm³/mol. The van der Waals surface area contributed by atoms with Gasteiger partial charge < -0.3 is 4.52 Å². The van der Waals surface area contributed by atoms with Crippen LogP contribution in [0.4, 0.5) is 8.78 Å². The molecule has 2 heterocycles. The Kier molecular flexibility index (Phi) is 7.64. The van der Waals surface area contributed by atoms with Crippen LogP contribution in [0.5, 0.6) is 0 Å². The second kappa shape index (κ2) is 10.4. The minimum Gasteiger partial charge on any atom is -0.352 e. The molecule has 8 heteroatoms. The summed E-state index contributed by atoms with van der Waals surface area (Å²) in [6.45, 7) is 6.19. The fraction of sp³-hybridized carbons (Fsp3) is 0.250. The van der Waals surface area contributed by atoms with Crippen molar-refractivity contribution >= 4 is 28.7 Å². The molecular weight excluding hydrogens is 436 g/mol. The molecule has 32 heavy (non-hydrogen) atoms. The Morgan fingerprint density at radius 3 is 2.75 bits per heavy atom. The normalized spacial score (nSPS) is 12.3. The smallest absolute Gasteiger partial charge is 0.234 e. The highest BCUT2D eigenvalue weighted by Crippen LogP contribution is 2.24.